The van der Waals surface area contributed by atoms with E-state index in [-0.39, 0.29) is 0 Å². The van der Waals surface area contributed by atoms with Crippen LogP contribution < -0.4 is 10.6 Å². The molecule has 0 radical (unpaired) electrons. The van der Waals surface area contributed by atoms with Gasteiger partial charge < -0.3 is 10.6 Å². The van der Waals surface area contributed by atoms with Gasteiger partial charge in [-0.3, -0.25) is 9.69 Å². The molecule has 0 atom stereocenters. The quantitative estimate of drug-likeness (QED) is 0.930. The summed E-state index contributed by atoms with van der Waals surface area (Å²) in [5.74, 6) is -0.449. The van der Waals surface area contributed by atoms with Gasteiger partial charge in [-0.1, -0.05) is 19.3 Å². The van der Waals surface area contributed by atoms with Gasteiger partial charge >= 0.3 is 0 Å². The zero-order valence-electron chi connectivity index (χ0n) is 13.9. The van der Waals surface area contributed by atoms with Crippen molar-refractivity contribution >= 4 is 33.2 Å². The van der Waals surface area contributed by atoms with E-state index in [1.165, 1.54) is 49.3 Å². The number of carbonyl (C=O) groups is 1. The fourth-order valence-electron chi connectivity index (χ4n) is 4.09. The predicted octanol–water partition coefficient (Wildman–Crippen LogP) is 2.85. The van der Waals surface area contributed by atoms with E-state index in [4.69, 9.17) is 5.73 Å². The van der Waals surface area contributed by atoms with E-state index in [2.05, 4.69) is 26.3 Å². The van der Waals surface area contributed by atoms with Crippen molar-refractivity contribution < 1.29 is 4.79 Å². The van der Waals surface area contributed by atoms with E-state index >= 15 is 0 Å². The Morgan fingerprint density at radius 2 is 1.88 bits per heavy atom. The number of amides is 1. The summed E-state index contributed by atoms with van der Waals surface area (Å²) in [6.07, 6.45) is 6.97. The van der Waals surface area contributed by atoms with Gasteiger partial charge in [-0.25, -0.2) is 0 Å². The van der Waals surface area contributed by atoms with Crippen molar-refractivity contribution in [2.45, 2.75) is 38.1 Å². The van der Waals surface area contributed by atoms with Gasteiger partial charge in [-0.15, -0.1) is 0 Å². The summed E-state index contributed by atoms with van der Waals surface area (Å²) in [5, 5.41) is 0.872. The molecule has 6 heteroatoms. The fourth-order valence-corrected chi connectivity index (χ4v) is 4.91. The summed E-state index contributed by atoms with van der Waals surface area (Å²) in [7, 11) is 0. The number of benzene rings is 1. The number of anilines is 1. The number of carbonyl (C=O) groups excluding carboxylic acids is 1. The third-order valence-corrected chi connectivity index (χ3v) is 6.27. The normalized spacial score (nSPS) is 20.6. The molecule has 2 aromatic rings. The van der Waals surface area contributed by atoms with E-state index in [1.807, 2.05) is 6.07 Å². The van der Waals surface area contributed by atoms with Crippen molar-refractivity contribution in [3.8, 4) is 0 Å². The minimum Gasteiger partial charge on any atom is -0.369 e. The Labute approximate surface area is 146 Å². The number of aromatic nitrogens is 1. The molecule has 1 amide bonds. The minimum absolute atomic E-state index is 0.392. The molecular weight excluding hydrogens is 320 g/mol. The van der Waals surface area contributed by atoms with Gasteiger partial charge in [0, 0.05) is 43.3 Å². The molecule has 4 rings (SSSR count). The molecule has 2 aliphatic rings. The lowest BCUT2D eigenvalue weighted by Gasteiger charge is -2.41. The average molecular weight is 344 g/mol. The van der Waals surface area contributed by atoms with Gasteiger partial charge in [0.05, 0.1) is 4.70 Å². The van der Waals surface area contributed by atoms with Crippen LogP contribution in [0.3, 0.4) is 0 Å². The van der Waals surface area contributed by atoms with Crippen LogP contribution in [0.15, 0.2) is 18.2 Å². The number of rotatable bonds is 3. The first-order valence-electron chi connectivity index (χ1n) is 8.90. The molecule has 2 N–H and O–H groups in total. The van der Waals surface area contributed by atoms with Crippen LogP contribution in [-0.2, 0) is 0 Å². The van der Waals surface area contributed by atoms with E-state index in [1.54, 1.807) is 0 Å². The molecule has 2 fully saturated rings. The number of piperazine rings is 1. The Bertz CT molecular complexity index is 730. The van der Waals surface area contributed by atoms with E-state index in [0.29, 0.717) is 5.69 Å². The summed E-state index contributed by atoms with van der Waals surface area (Å²) >= 11 is 1.36. The molecule has 0 bridgehead atoms. The smallest absolute Gasteiger partial charge is 0.269 e. The number of hydrogen-bond acceptors (Lipinski definition) is 5. The molecule has 1 aliphatic carbocycles. The maximum Gasteiger partial charge on any atom is 0.269 e. The summed E-state index contributed by atoms with van der Waals surface area (Å²) in [6.45, 7) is 4.45. The second kappa shape index (κ2) is 6.69. The Hall–Kier alpha value is -1.66. The van der Waals surface area contributed by atoms with Gasteiger partial charge in [-0.05, 0) is 42.6 Å². The molecular formula is C18H24N4OS. The molecule has 128 valence electrons. The topological polar surface area (TPSA) is 62.5 Å². The lowest BCUT2D eigenvalue weighted by Crippen LogP contribution is -2.50. The number of nitrogens with two attached hydrogens (primary N) is 1. The monoisotopic (exact) mass is 344 g/mol. The van der Waals surface area contributed by atoms with Crippen LogP contribution in [0.25, 0.3) is 10.1 Å². The van der Waals surface area contributed by atoms with E-state index < -0.39 is 5.91 Å². The van der Waals surface area contributed by atoms with Crippen molar-refractivity contribution in [1.82, 2.24) is 9.27 Å². The van der Waals surface area contributed by atoms with Crippen LogP contribution in [0, 0.1) is 0 Å². The van der Waals surface area contributed by atoms with E-state index in [0.717, 1.165) is 42.3 Å². The Kier molecular flexibility index (Phi) is 4.41. The molecule has 0 spiro atoms. The molecule has 2 heterocycles. The largest absolute Gasteiger partial charge is 0.369 e. The molecule has 0 unspecified atom stereocenters. The maximum absolute atomic E-state index is 11.4. The van der Waals surface area contributed by atoms with Gasteiger partial charge in [0.15, 0.2) is 0 Å². The number of fused-ring (bicyclic) bond motifs is 1. The summed E-state index contributed by atoms with van der Waals surface area (Å²) in [4.78, 5) is 16.5. The fraction of sp³-hybridized carbons (Fsp3) is 0.556. The second-order valence-corrected chi connectivity index (χ2v) is 7.70. The van der Waals surface area contributed by atoms with Gasteiger partial charge in [-0.2, -0.15) is 4.37 Å². The highest BCUT2D eigenvalue weighted by Crippen LogP contribution is 2.29. The number of hydrogen-bond donors (Lipinski definition) is 1. The molecule has 1 aromatic carbocycles. The zero-order chi connectivity index (χ0) is 16.5. The molecule has 1 saturated carbocycles. The van der Waals surface area contributed by atoms with Crippen molar-refractivity contribution in [3.63, 3.8) is 0 Å². The van der Waals surface area contributed by atoms with Crippen molar-refractivity contribution in [1.29, 1.82) is 0 Å². The predicted molar refractivity (Wildman–Crippen MR) is 98.8 cm³/mol. The van der Waals surface area contributed by atoms with Gasteiger partial charge in [0.1, 0.15) is 5.69 Å². The maximum atomic E-state index is 11.4. The standard InChI is InChI=1S/C18H24N4OS/c19-18(23)17-15-7-6-14(12-16(15)24-20-17)22-10-8-21(9-11-22)13-4-2-1-3-5-13/h6-7,12-13H,1-5,8-11H2,(H2,19,23). The highest BCUT2D eigenvalue weighted by atomic mass is 32.1. The van der Waals surface area contributed by atoms with Crippen molar-refractivity contribution in [3.05, 3.63) is 23.9 Å². The first-order valence-corrected chi connectivity index (χ1v) is 9.68. The molecule has 1 aliphatic heterocycles. The molecule has 5 nitrogen and oxygen atoms in total. The van der Waals surface area contributed by atoms with E-state index in [9.17, 15) is 4.79 Å². The van der Waals surface area contributed by atoms with Crippen LogP contribution in [0.5, 0.6) is 0 Å². The van der Waals surface area contributed by atoms with Crippen molar-refractivity contribution in [2.75, 3.05) is 31.1 Å². The minimum atomic E-state index is -0.449. The molecule has 1 saturated heterocycles. The van der Waals surface area contributed by atoms with Crippen LogP contribution in [0.4, 0.5) is 5.69 Å². The molecule has 24 heavy (non-hydrogen) atoms. The highest BCUT2D eigenvalue weighted by Gasteiger charge is 2.25. The Morgan fingerprint density at radius 3 is 2.58 bits per heavy atom. The number of primary amides is 1. The Morgan fingerprint density at radius 1 is 1.12 bits per heavy atom. The van der Waals surface area contributed by atoms with Gasteiger partial charge in [0.25, 0.3) is 5.91 Å². The summed E-state index contributed by atoms with van der Waals surface area (Å²) in [5.41, 5.74) is 7.00. The first kappa shape index (κ1) is 15.8. The SMILES string of the molecule is NC(=O)c1nsc2cc(N3CCN(C4CCCCC4)CC3)ccc12. The zero-order valence-corrected chi connectivity index (χ0v) is 14.7. The second-order valence-electron chi connectivity index (χ2n) is 6.89. The van der Waals surface area contributed by atoms with Crippen LogP contribution in [0.2, 0.25) is 0 Å². The third-order valence-electron chi connectivity index (χ3n) is 5.46. The number of nitrogens with zero attached hydrogens (tertiary/aromatic N) is 3. The summed E-state index contributed by atoms with van der Waals surface area (Å²) in [6, 6.07) is 7.04. The first-order chi connectivity index (χ1) is 11.7. The van der Waals surface area contributed by atoms with Crippen molar-refractivity contribution in [2.24, 2.45) is 5.73 Å². The van der Waals surface area contributed by atoms with Crippen LogP contribution in [0.1, 0.15) is 42.6 Å². The third kappa shape index (κ3) is 3.00. The Balaban J connectivity index is 1.45. The average Bonchev–Trinajstić information content (AvgIpc) is 3.06. The van der Waals surface area contributed by atoms with Gasteiger partial charge in [0.2, 0.25) is 0 Å². The van der Waals surface area contributed by atoms with Crippen LogP contribution in [-0.4, -0.2) is 47.4 Å². The molecule has 1 aromatic heterocycles. The summed E-state index contributed by atoms with van der Waals surface area (Å²) < 4.78 is 5.23. The highest BCUT2D eigenvalue weighted by molar-refractivity contribution is 7.13. The lowest BCUT2D eigenvalue weighted by atomic mass is 9.94. The lowest BCUT2D eigenvalue weighted by molar-refractivity contribution is 0.0998. The van der Waals surface area contributed by atoms with Crippen LogP contribution >= 0.6 is 11.5 Å².